The molecular formula is C17H22N4O2. The highest BCUT2D eigenvalue weighted by Gasteiger charge is 2.12. The zero-order valence-corrected chi connectivity index (χ0v) is 13.7. The molecule has 0 atom stereocenters. The number of methoxy groups -OCH3 is 1. The Balaban J connectivity index is 2.09. The summed E-state index contributed by atoms with van der Waals surface area (Å²) in [6.45, 7) is 1.57. The third kappa shape index (κ3) is 4.96. The highest BCUT2D eigenvalue weighted by molar-refractivity contribution is 6.07. The molecule has 0 saturated carbocycles. The average Bonchev–Trinajstić information content (AvgIpc) is 2.55. The van der Waals surface area contributed by atoms with Crippen molar-refractivity contribution in [3.05, 3.63) is 48.2 Å². The average molecular weight is 314 g/mol. The Kier molecular flexibility index (Phi) is 5.94. The maximum atomic E-state index is 12.5. The third-order valence-corrected chi connectivity index (χ3v) is 3.23. The molecule has 122 valence electrons. The fourth-order valence-electron chi connectivity index (χ4n) is 2.03. The van der Waals surface area contributed by atoms with Gasteiger partial charge in [0.1, 0.15) is 11.6 Å². The van der Waals surface area contributed by atoms with E-state index in [1.54, 1.807) is 31.5 Å². The van der Waals surface area contributed by atoms with Crippen LogP contribution in [0.2, 0.25) is 0 Å². The van der Waals surface area contributed by atoms with E-state index < -0.39 is 0 Å². The Hall–Kier alpha value is -2.60. The van der Waals surface area contributed by atoms with Crippen LogP contribution in [0.15, 0.2) is 42.6 Å². The van der Waals surface area contributed by atoms with Gasteiger partial charge in [-0.25, -0.2) is 4.98 Å². The van der Waals surface area contributed by atoms with E-state index in [2.05, 4.69) is 20.5 Å². The van der Waals surface area contributed by atoms with Crippen LogP contribution < -0.4 is 15.4 Å². The van der Waals surface area contributed by atoms with Crippen molar-refractivity contribution >= 4 is 17.4 Å². The molecule has 0 radical (unpaired) electrons. The number of anilines is 2. The second-order valence-electron chi connectivity index (χ2n) is 5.32. The van der Waals surface area contributed by atoms with Gasteiger partial charge in [0.15, 0.2) is 0 Å². The van der Waals surface area contributed by atoms with E-state index in [9.17, 15) is 4.79 Å². The molecule has 1 amide bonds. The van der Waals surface area contributed by atoms with Crippen molar-refractivity contribution in [2.24, 2.45) is 0 Å². The minimum Gasteiger partial charge on any atom is -0.497 e. The molecule has 2 N–H and O–H groups in total. The lowest BCUT2D eigenvalue weighted by Crippen LogP contribution is -2.23. The molecular weight excluding hydrogens is 292 g/mol. The van der Waals surface area contributed by atoms with Gasteiger partial charge in [0.2, 0.25) is 0 Å². The van der Waals surface area contributed by atoms with Crippen LogP contribution in [0.4, 0.5) is 11.5 Å². The molecule has 0 aliphatic carbocycles. The van der Waals surface area contributed by atoms with Gasteiger partial charge in [0.05, 0.1) is 12.7 Å². The Bertz CT molecular complexity index is 659. The lowest BCUT2D eigenvalue weighted by atomic mass is 10.2. The maximum Gasteiger partial charge on any atom is 0.259 e. The van der Waals surface area contributed by atoms with Crippen LogP contribution in [-0.4, -0.2) is 50.1 Å². The summed E-state index contributed by atoms with van der Waals surface area (Å²) in [5.74, 6) is 1.06. The number of benzene rings is 1. The van der Waals surface area contributed by atoms with Gasteiger partial charge in [-0.2, -0.15) is 0 Å². The van der Waals surface area contributed by atoms with Crippen molar-refractivity contribution in [1.82, 2.24) is 9.88 Å². The van der Waals surface area contributed by atoms with Gasteiger partial charge >= 0.3 is 0 Å². The van der Waals surface area contributed by atoms with E-state index in [1.165, 1.54) is 0 Å². The second-order valence-corrected chi connectivity index (χ2v) is 5.32. The number of hydrogen-bond acceptors (Lipinski definition) is 5. The molecule has 0 saturated heterocycles. The summed E-state index contributed by atoms with van der Waals surface area (Å²) >= 11 is 0. The van der Waals surface area contributed by atoms with E-state index in [4.69, 9.17) is 4.74 Å². The SMILES string of the molecule is COc1cccc(NC(=O)c2cccnc2NCCN(C)C)c1. The Labute approximate surface area is 136 Å². The topological polar surface area (TPSA) is 66.5 Å². The smallest absolute Gasteiger partial charge is 0.259 e. The zero-order valence-electron chi connectivity index (χ0n) is 13.7. The molecule has 6 nitrogen and oxygen atoms in total. The van der Waals surface area contributed by atoms with Crippen LogP contribution in [0.5, 0.6) is 5.75 Å². The molecule has 1 aromatic carbocycles. The maximum absolute atomic E-state index is 12.5. The van der Waals surface area contributed by atoms with Gasteiger partial charge in [-0.15, -0.1) is 0 Å². The Morgan fingerprint density at radius 1 is 1.26 bits per heavy atom. The first-order valence-corrected chi connectivity index (χ1v) is 7.39. The van der Waals surface area contributed by atoms with Crippen LogP contribution >= 0.6 is 0 Å². The predicted octanol–water partition coefficient (Wildman–Crippen LogP) is 2.32. The summed E-state index contributed by atoms with van der Waals surface area (Å²) in [6, 6.07) is 10.7. The summed E-state index contributed by atoms with van der Waals surface area (Å²) in [5, 5.41) is 6.06. The molecule has 0 bridgehead atoms. The van der Waals surface area contributed by atoms with E-state index in [1.807, 2.05) is 32.3 Å². The van der Waals surface area contributed by atoms with Gasteiger partial charge in [0, 0.05) is 31.0 Å². The first kappa shape index (κ1) is 16.8. The number of nitrogens with zero attached hydrogens (tertiary/aromatic N) is 2. The summed E-state index contributed by atoms with van der Waals surface area (Å²) in [5.41, 5.74) is 1.19. The fourth-order valence-corrected chi connectivity index (χ4v) is 2.03. The first-order chi connectivity index (χ1) is 11.1. The number of amides is 1. The molecule has 23 heavy (non-hydrogen) atoms. The summed E-state index contributed by atoms with van der Waals surface area (Å²) in [4.78, 5) is 18.8. The van der Waals surface area contributed by atoms with Crippen LogP contribution in [0, 0.1) is 0 Å². The van der Waals surface area contributed by atoms with Crippen molar-refractivity contribution in [3.63, 3.8) is 0 Å². The third-order valence-electron chi connectivity index (χ3n) is 3.23. The van der Waals surface area contributed by atoms with Crippen LogP contribution in [0.1, 0.15) is 10.4 Å². The van der Waals surface area contributed by atoms with Crippen molar-refractivity contribution in [1.29, 1.82) is 0 Å². The highest BCUT2D eigenvalue weighted by atomic mass is 16.5. The van der Waals surface area contributed by atoms with Crippen molar-refractivity contribution in [2.45, 2.75) is 0 Å². The van der Waals surface area contributed by atoms with Crippen LogP contribution in [0.3, 0.4) is 0 Å². The molecule has 2 aromatic rings. The number of rotatable bonds is 7. The number of ether oxygens (including phenoxy) is 1. The Morgan fingerprint density at radius 2 is 2.09 bits per heavy atom. The van der Waals surface area contributed by atoms with Gasteiger partial charge in [-0.3, -0.25) is 4.79 Å². The van der Waals surface area contributed by atoms with Gasteiger partial charge < -0.3 is 20.3 Å². The summed E-state index contributed by atoms with van der Waals surface area (Å²) in [6.07, 6.45) is 1.67. The van der Waals surface area contributed by atoms with Gasteiger partial charge in [0.25, 0.3) is 5.91 Å². The highest BCUT2D eigenvalue weighted by Crippen LogP contribution is 2.19. The molecule has 0 unspecified atom stereocenters. The predicted molar refractivity (Wildman–Crippen MR) is 92.2 cm³/mol. The van der Waals surface area contributed by atoms with E-state index in [0.717, 1.165) is 6.54 Å². The standard InChI is InChI=1S/C17H22N4O2/c1-21(2)11-10-19-16-15(8-5-9-18-16)17(22)20-13-6-4-7-14(12-13)23-3/h4-9,12H,10-11H2,1-3H3,(H,18,19)(H,20,22). The number of carbonyl (C=O) groups is 1. The van der Waals surface area contributed by atoms with E-state index in [-0.39, 0.29) is 5.91 Å². The quantitative estimate of drug-likeness (QED) is 0.821. The van der Waals surface area contributed by atoms with E-state index in [0.29, 0.717) is 29.4 Å². The summed E-state index contributed by atoms with van der Waals surface area (Å²) in [7, 11) is 5.59. The van der Waals surface area contributed by atoms with Crippen LogP contribution in [-0.2, 0) is 0 Å². The second kappa shape index (κ2) is 8.14. The molecule has 1 aromatic heterocycles. The number of aromatic nitrogens is 1. The normalized spacial score (nSPS) is 10.4. The fraction of sp³-hybridized carbons (Fsp3) is 0.294. The number of carbonyl (C=O) groups excluding carboxylic acids is 1. The minimum atomic E-state index is -0.210. The monoisotopic (exact) mass is 314 g/mol. The largest absolute Gasteiger partial charge is 0.497 e. The van der Waals surface area contributed by atoms with Crippen LogP contribution in [0.25, 0.3) is 0 Å². The summed E-state index contributed by atoms with van der Waals surface area (Å²) < 4.78 is 5.16. The Morgan fingerprint density at radius 3 is 2.83 bits per heavy atom. The molecule has 0 fully saturated rings. The molecule has 2 rings (SSSR count). The van der Waals surface area contributed by atoms with Gasteiger partial charge in [-0.1, -0.05) is 6.07 Å². The molecule has 0 aliphatic heterocycles. The number of hydrogen-bond donors (Lipinski definition) is 2. The van der Waals surface area contributed by atoms with Gasteiger partial charge in [-0.05, 0) is 38.4 Å². The lowest BCUT2D eigenvalue weighted by Gasteiger charge is -2.13. The first-order valence-electron chi connectivity index (χ1n) is 7.39. The molecule has 6 heteroatoms. The molecule has 0 spiro atoms. The van der Waals surface area contributed by atoms with Crippen molar-refractivity contribution in [2.75, 3.05) is 44.9 Å². The van der Waals surface area contributed by atoms with Crippen molar-refractivity contribution in [3.8, 4) is 5.75 Å². The number of pyridine rings is 1. The number of likely N-dealkylation sites (N-methyl/N-ethyl adjacent to an activating group) is 1. The zero-order chi connectivity index (χ0) is 16.7. The van der Waals surface area contributed by atoms with E-state index >= 15 is 0 Å². The van der Waals surface area contributed by atoms with Crippen molar-refractivity contribution < 1.29 is 9.53 Å². The molecule has 1 heterocycles. The molecule has 0 aliphatic rings. The lowest BCUT2D eigenvalue weighted by molar-refractivity contribution is 0.102. The number of nitrogens with one attached hydrogen (secondary N) is 2. The minimum absolute atomic E-state index is 0.210.